The normalized spacial score (nSPS) is 17.6. The fourth-order valence-electron chi connectivity index (χ4n) is 2.75. The lowest BCUT2D eigenvalue weighted by Gasteiger charge is -2.38. The maximum absolute atomic E-state index is 10.9. The first-order chi connectivity index (χ1) is 10.2. The van der Waals surface area contributed by atoms with Gasteiger partial charge in [-0.3, -0.25) is 4.79 Å². The first-order valence-electron chi connectivity index (χ1n) is 6.88. The standard InChI is InChI=1S/C15H14N2O4/c18-15(19)10-7-17(8-10)14-11-6-13-12(20-3-4-21-13)5-9(11)1-2-16-14/h1-2,5-6,10H,3-4,7-8H2,(H,18,19). The number of hydrogen-bond acceptors (Lipinski definition) is 5. The molecule has 0 atom stereocenters. The van der Waals surface area contributed by atoms with Crippen molar-refractivity contribution in [1.82, 2.24) is 4.98 Å². The van der Waals surface area contributed by atoms with Crippen molar-refractivity contribution in [2.75, 3.05) is 31.2 Å². The Morgan fingerprint density at radius 3 is 2.67 bits per heavy atom. The van der Waals surface area contributed by atoms with Crippen molar-refractivity contribution in [3.8, 4) is 11.5 Å². The Labute approximate surface area is 120 Å². The van der Waals surface area contributed by atoms with Crippen molar-refractivity contribution in [3.05, 3.63) is 24.4 Å². The summed E-state index contributed by atoms with van der Waals surface area (Å²) in [5.41, 5.74) is 0. The second-order valence-corrected chi connectivity index (χ2v) is 5.29. The molecule has 6 nitrogen and oxygen atoms in total. The first kappa shape index (κ1) is 12.3. The molecule has 1 saturated heterocycles. The molecule has 2 aromatic rings. The highest BCUT2D eigenvalue weighted by Crippen LogP contribution is 2.38. The summed E-state index contributed by atoms with van der Waals surface area (Å²) >= 11 is 0. The topological polar surface area (TPSA) is 71.9 Å². The van der Waals surface area contributed by atoms with Gasteiger partial charge in [0.15, 0.2) is 11.5 Å². The third-order valence-electron chi connectivity index (χ3n) is 3.94. The number of carboxylic acids is 1. The number of rotatable bonds is 2. The molecule has 0 unspecified atom stereocenters. The molecule has 3 heterocycles. The minimum Gasteiger partial charge on any atom is -0.486 e. The van der Waals surface area contributed by atoms with Crippen LogP contribution in [0.4, 0.5) is 5.82 Å². The van der Waals surface area contributed by atoms with E-state index in [1.807, 2.05) is 23.1 Å². The maximum Gasteiger partial charge on any atom is 0.310 e. The smallest absolute Gasteiger partial charge is 0.310 e. The lowest BCUT2D eigenvalue weighted by atomic mass is 9.99. The Morgan fingerprint density at radius 1 is 1.24 bits per heavy atom. The van der Waals surface area contributed by atoms with Crippen LogP contribution in [0, 0.1) is 5.92 Å². The Kier molecular flexibility index (Phi) is 2.63. The fourth-order valence-corrected chi connectivity index (χ4v) is 2.75. The SMILES string of the molecule is O=C(O)C1CN(c2nccc3cc4c(cc23)OCCO4)C1. The van der Waals surface area contributed by atoms with Crippen LogP contribution in [-0.4, -0.2) is 42.4 Å². The van der Waals surface area contributed by atoms with Crippen LogP contribution in [0.15, 0.2) is 24.4 Å². The van der Waals surface area contributed by atoms with Crippen LogP contribution < -0.4 is 14.4 Å². The van der Waals surface area contributed by atoms with E-state index >= 15 is 0 Å². The van der Waals surface area contributed by atoms with Crippen LogP contribution >= 0.6 is 0 Å². The Balaban J connectivity index is 1.74. The lowest BCUT2D eigenvalue weighted by Crippen LogP contribution is -2.50. The van der Waals surface area contributed by atoms with E-state index in [9.17, 15) is 4.79 Å². The summed E-state index contributed by atoms with van der Waals surface area (Å²) in [7, 11) is 0. The van der Waals surface area contributed by atoms with Gasteiger partial charge in [-0.2, -0.15) is 0 Å². The fraction of sp³-hybridized carbons (Fsp3) is 0.333. The quantitative estimate of drug-likeness (QED) is 0.902. The van der Waals surface area contributed by atoms with Gasteiger partial charge in [-0.15, -0.1) is 0 Å². The Hall–Kier alpha value is -2.50. The molecule has 0 radical (unpaired) electrons. The number of aromatic nitrogens is 1. The molecule has 2 aliphatic heterocycles. The Morgan fingerprint density at radius 2 is 1.95 bits per heavy atom. The molecule has 0 saturated carbocycles. The van der Waals surface area contributed by atoms with Crippen LogP contribution in [0.1, 0.15) is 0 Å². The lowest BCUT2D eigenvalue weighted by molar-refractivity contribution is -0.142. The summed E-state index contributed by atoms with van der Waals surface area (Å²) in [5.74, 6) is 1.22. The van der Waals surface area contributed by atoms with Gasteiger partial charge in [-0.1, -0.05) is 0 Å². The largest absolute Gasteiger partial charge is 0.486 e. The number of fused-ring (bicyclic) bond motifs is 2. The van der Waals surface area contributed by atoms with Gasteiger partial charge in [0.25, 0.3) is 0 Å². The predicted octanol–water partition coefficient (Wildman–Crippen LogP) is 1.53. The maximum atomic E-state index is 10.9. The van der Waals surface area contributed by atoms with E-state index in [1.54, 1.807) is 6.20 Å². The van der Waals surface area contributed by atoms with Crippen LogP contribution in [0.25, 0.3) is 10.8 Å². The number of ether oxygens (including phenoxy) is 2. The highest BCUT2D eigenvalue weighted by Gasteiger charge is 2.34. The summed E-state index contributed by atoms with van der Waals surface area (Å²) in [4.78, 5) is 17.3. The zero-order valence-electron chi connectivity index (χ0n) is 11.3. The van der Waals surface area contributed by atoms with Crippen molar-refractivity contribution in [2.24, 2.45) is 5.92 Å². The van der Waals surface area contributed by atoms with Gasteiger partial charge in [0.2, 0.25) is 0 Å². The molecular formula is C15H14N2O4. The second-order valence-electron chi connectivity index (χ2n) is 5.29. The van der Waals surface area contributed by atoms with Crippen molar-refractivity contribution in [3.63, 3.8) is 0 Å². The van der Waals surface area contributed by atoms with E-state index in [0.717, 1.165) is 28.1 Å². The van der Waals surface area contributed by atoms with E-state index in [-0.39, 0.29) is 5.92 Å². The van der Waals surface area contributed by atoms with Gasteiger partial charge in [0.1, 0.15) is 19.0 Å². The molecule has 0 spiro atoms. The molecular weight excluding hydrogens is 272 g/mol. The molecule has 0 bridgehead atoms. The van der Waals surface area contributed by atoms with Gasteiger partial charge >= 0.3 is 5.97 Å². The molecule has 1 N–H and O–H groups in total. The van der Waals surface area contributed by atoms with Crippen molar-refractivity contribution >= 4 is 22.6 Å². The first-order valence-corrected chi connectivity index (χ1v) is 6.88. The van der Waals surface area contributed by atoms with E-state index in [4.69, 9.17) is 14.6 Å². The van der Waals surface area contributed by atoms with Gasteiger partial charge in [-0.05, 0) is 23.6 Å². The van der Waals surface area contributed by atoms with E-state index in [2.05, 4.69) is 4.98 Å². The number of anilines is 1. The minimum absolute atomic E-state index is 0.306. The molecule has 2 aliphatic rings. The third kappa shape index (κ3) is 1.94. The number of aliphatic carboxylic acids is 1. The average Bonchev–Trinajstić information content (AvgIpc) is 2.43. The summed E-state index contributed by atoms with van der Waals surface area (Å²) in [5, 5.41) is 11.0. The average molecular weight is 286 g/mol. The zero-order chi connectivity index (χ0) is 14.4. The van der Waals surface area contributed by atoms with Crippen LogP contribution in [0.3, 0.4) is 0 Å². The van der Waals surface area contributed by atoms with E-state index in [1.165, 1.54) is 0 Å². The van der Waals surface area contributed by atoms with E-state index < -0.39 is 5.97 Å². The molecule has 21 heavy (non-hydrogen) atoms. The molecule has 108 valence electrons. The predicted molar refractivity (Wildman–Crippen MR) is 76.1 cm³/mol. The highest BCUT2D eigenvalue weighted by molar-refractivity contribution is 5.95. The van der Waals surface area contributed by atoms with E-state index in [0.29, 0.717) is 26.3 Å². The number of carboxylic acid groups (broad SMARTS) is 1. The van der Waals surface area contributed by atoms with Gasteiger partial charge in [-0.25, -0.2) is 4.98 Å². The minimum atomic E-state index is -0.749. The Bertz CT molecular complexity index is 725. The van der Waals surface area contributed by atoms with Crippen molar-refractivity contribution in [2.45, 2.75) is 0 Å². The molecule has 6 heteroatoms. The number of hydrogen-bond donors (Lipinski definition) is 1. The second kappa shape index (κ2) is 4.51. The summed E-state index contributed by atoms with van der Waals surface area (Å²) in [6, 6.07) is 5.80. The number of nitrogens with zero attached hydrogens (tertiary/aromatic N) is 2. The summed E-state index contributed by atoms with van der Waals surface area (Å²) in [6.07, 6.45) is 1.74. The molecule has 1 aromatic carbocycles. The van der Waals surface area contributed by atoms with Gasteiger partial charge in [0, 0.05) is 24.7 Å². The zero-order valence-corrected chi connectivity index (χ0v) is 11.3. The number of pyridine rings is 1. The molecule has 1 fully saturated rings. The van der Waals surface area contributed by atoms with Crippen molar-refractivity contribution in [1.29, 1.82) is 0 Å². The highest BCUT2D eigenvalue weighted by atomic mass is 16.6. The number of benzene rings is 1. The molecule has 4 rings (SSSR count). The van der Waals surface area contributed by atoms with Gasteiger partial charge in [0.05, 0.1) is 5.92 Å². The molecule has 0 aliphatic carbocycles. The monoisotopic (exact) mass is 286 g/mol. The summed E-state index contributed by atoms with van der Waals surface area (Å²) < 4.78 is 11.2. The van der Waals surface area contributed by atoms with Crippen molar-refractivity contribution < 1.29 is 19.4 Å². The summed E-state index contributed by atoms with van der Waals surface area (Å²) in [6.45, 7) is 2.09. The van der Waals surface area contributed by atoms with Crippen LogP contribution in [-0.2, 0) is 4.79 Å². The molecule has 1 aromatic heterocycles. The van der Waals surface area contributed by atoms with Crippen LogP contribution in [0.2, 0.25) is 0 Å². The van der Waals surface area contributed by atoms with Crippen LogP contribution in [0.5, 0.6) is 11.5 Å². The number of carbonyl (C=O) groups is 1. The third-order valence-corrected chi connectivity index (χ3v) is 3.94. The molecule has 0 amide bonds. The van der Waals surface area contributed by atoms with Gasteiger partial charge < -0.3 is 19.5 Å².